The minimum atomic E-state index is -2.37. The van der Waals surface area contributed by atoms with Crippen LogP contribution in [0.1, 0.15) is 36.2 Å². The number of carbonyl (C=O) groups excluding carboxylic acids is 2. The summed E-state index contributed by atoms with van der Waals surface area (Å²) in [6.45, 7) is 3.53. The molecular weight excluding hydrogens is 286 g/mol. The smallest absolute Gasteiger partial charge is 0.339 e. The molecule has 0 aromatic heterocycles. The van der Waals surface area contributed by atoms with Crippen molar-refractivity contribution < 1.29 is 24.5 Å². The summed E-state index contributed by atoms with van der Waals surface area (Å²) in [5, 5.41) is 24.5. The number of Topliss-reactive ketones (excluding diaryl/α,β-unsaturated/α-hetero) is 1. The van der Waals surface area contributed by atoms with Crippen LogP contribution in [0.25, 0.3) is 0 Å². The first-order chi connectivity index (χ1) is 10.4. The van der Waals surface area contributed by atoms with E-state index < -0.39 is 23.1 Å². The highest BCUT2D eigenvalue weighted by molar-refractivity contribution is 6.16. The molecule has 0 spiro atoms. The zero-order valence-corrected chi connectivity index (χ0v) is 12.3. The fourth-order valence-electron chi connectivity index (χ4n) is 3.18. The molecule has 0 saturated carbocycles. The van der Waals surface area contributed by atoms with Crippen molar-refractivity contribution in [2.24, 2.45) is 0 Å². The Bertz CT molecular complexity index is 710. The number of esters is 1. The third kappa shape index (κ3) is 1.56. The quantitative estimate of drug-likeness (QED) is 0.707. The van der Waals surface area contributed by atoms with Crippen molar-refractivity contribution in [3.8, 4) is 0 Å². The van der Waals surface area contributed by atoms with Crippen LogP contribution in [-0.4, -0.2) is 34.2 Å². The van der Waals surface area contributed by atoms with Crippen LogP contribution in [0.15, 0.2) is 35.5 Å². The summed E-state index contributed by atoms with van der Waals surface area (Å²) in [6.07, 6.45) is 0.613. The van der Waals surface area contributed by atoms with Gasteiger partial charge in [0.15, 0.2) is 0 Å². The maximum Gasteiger partial charge on any atom is 0.339 e. The van der Waals surface area contributed by atoms with Crippen LogP contribution < -0.4 is 5.32 Å². The number of ether oxygens (including phenoxy) is 1. The van der Waals surface area contributed by atoms with Crippen LogP contribution >= 0.6 is 0 Å². The zero-order chi connectivity index (χ0) is 16.1. The number of fused-ring (bicyclic) bond motifs is 3. The molecule has 1 aliphatic carbocycles. The van der Waals surface area contributed by atoms with E-state index in [1.165, 1.54) is 13.0 Å². The van der Waals surface area contributed by atoms with E-state index >= 15 is 0 Å². The molecule has 0 saturated heterocycles. The first-order valence-electron chi connectivity index (χ1n) is 7.13. The van der Waals surface area contributed by atoms with Crippen molar-refractivity contribution in [2.75, 3.05) is 6.61 Å². The Morgan fingerprint density at radius 1 is 1.32 bits per heavy atom. The van der Waals surface area contributed by atoms with Crippen LogP contribution in [0, 0.1) is 0 Å². The van der Waals surface area contributed by atoms with Crippen molar-refractivity contribution >= 4 is 11.8 Å². The molecule has 22 heavy (non-hydrogen) atoms. The average Bonchev–Trinajstić information content (AvgIpc) is 2.80. The maximum atomic E-state index is 12.6. The van der Waals surface area contributed by atoms with Gasteiger partial charge < -0.3 is 20.3 Å². The van der Waals surface area contributed by atoms with Gasteiger partial charge >= 0.3 is 5.97 Å². The molecule has 3 N–H and O–H groups in total. The monoisotopic (exact) mass is 303 g/mol. The highest BCUT2D eigenvalue weighted by Gasteiger charge is 2.70. The van der Waals surface area contributed by atoms with Crippen LogP contribution in [0.3, 0.4) is 0 Å². The molecule has 2 aliphatic rings. The summed E-state index contributed by atoms with van der Waals surface area (Å²) in [5.74, 6) is -1.51. The number of hydrogen-bond acceptors (Lipinski definition) is 6. The molecule has 0 unspecified atom stereocenters. The van der Waals surface area contributed by atoms with E-state index in [9.17, 15) is 19.8 Å². The second-order valence-electron chi connectivity index (χ2n) is 5.56. The second-order valence-corrected chi connectivity index (χ2v) is 5.56. The van der Waals surface area contributed by atoms with Gasteiger partial charge in [-0.15, -0.1) is 0 Å². The molecule has 116 valence electrons. The molecular formula is C16H17NO5. The van der Waals surface area contributed by atoms with E-state index in [-0.39, 0.29) is 29.0 Å². The van der Waals surface area contributed by atoms with Gasteiger partial charge in [0, 0.05) is 16.8 Å². The molecule has 1 aromatic carbocycles. The standard InChI is InChI=1S/C16H17NO5/c1-3-8-22-14(19)12-9(2)17-16(21)11-7-5-4-6-10(11)13(18)15(12,16)20/h4-7,17,20-21H,3,8H2,1-2H3/t15-,16+/m0/s1. The lowest BCUT2D eigenvalue weighted by atomic mass is 9.85. The molecule has 1 aliphatic heterocycles. The van der Waals surface area contributed by atoms with E-state index in [2.05, 4.69) is 5.32 Å². The van der Waals surface area contributed by atoms with Gasteiger partial charge in [0.25, 0.3) is 0 Å². The summed E-state index contributed by atoms with van der Waals surface area (Å²) < 4.78 is 5.05. The number of aliphatic hydroxyl groups is 2. The Morgan fingerprint density at radius 2 is 2.00 bits per heavy atom. The molecule has 0 amide bonds. The second kappa shape index (κ2) is 4.66. The summed E-state index contributed by atoms with van der Waals surface area (Å²) in [7, 11) is 0. The Labute approximate surface area is 127 Å². The van der Waals surface area contributed by atoms with Gasteiger partial charge in [-0.05, 0) is 13.3 Å². The van der Waals surface area contributed by atoms with Gasteiger partial charge in [-0.25, -0.2) is 4.79 Å². The summed E-state index contributed by atoms with van der Waals surface area (Å²) in [5.41, 5.74) is -3.98. The SMILES string of the molecule is CCCOC(=O)C1=C(C)N[C@@]2(O)c3ccccc3C(=O)[C@@]12O. The van der Waals surface area contributed by atoms with Gasteiger partial charge in [0.2, 0.25) is 17.1 Å². The van der Waals surface area contributed by atoms with Crippen molar-refractivity contribution in [3.63, 3.8) is 0 Å². The molecule has 3 rings (SSSR count). The van der Waals surface area contributed by atoms with Gasteiger partial charge in [-0.1, -0.05) is 31.2 Å². The van der Waals surface area contributed by atoms with E-state index in [1.54, 1.807) is 18.2 Å². The fourth-order valence-corrected chi connectivity index (χ4v) is 3.18. The number of carbonyl (C=O) groups is 2. The van der Waals surface area contributed by atoms with E-state index in [1.807, 2.05) is 6.92 Å². The first kappa shape index (κ1) is 14.7. The average molecular weight is 303 g/mol. The molecule has 2 atom stereocenters. The van der Waals surface area contributed by atoms with Crippen molar-refractivity contribution in [1.82, 2.24) is 5.32 Å². The minimum absolute atomic E-state index is 0.172. The van der Waals surface area contributed by atoms with Gasteiger partial charge in [-0.2, -0.15) is 0 Å². The first-order valence-corrected chi connectivity index (χ1v) is 7.13. The summed E-state index contributed by atoms with van der Waals surface area (Å²) in [4.78, 5) is 24.9. The Balaban J connectivity index is 2.13. The highest BCUT2D eigenvalue weighted by Crippen LogP contribution is 2.51. The predicted octanol–water partition coefficient (Wildman–Crippen LogP) is 0.590. The predicted molar refractivity (Wildman–Crippen MR) is 76.7 cm³/mol. The maximum absolute atomic E-state index is 12.6. The third-order valence-electron chi connectivity index (χ3n) is 4.16. The van der Waals surface area contributed by atoms with E-state index in [0.29, 0.717) is 6.42 Å². The largest absolute Gasteiger partial charge is 0.462 e. The number of ketones is 1. The highest BCUT2D eigenvalue weighted by atomic mass is 16.5. The van der Waals surface area contributed by atoms with E-state index in [0.717, 1.165) is 0 Å². The molecule has 1 heterocycles. The molecule has 0 fully saturated rings. The van der Waals surface area contributed by atoms with Crippen LogP contribution in [0.4, 0.5) is 0 Å². The zero-order valence-electron chi connectivity index (χ0n) is 12.3. The lowest BCUT2D eigenvalue weighted by Gasteiger charge is -2.31. The minimum Gasteiger partial charge on any atom is -0.462 e. The Morgan fingerprint density at radius 3 is 2.68 bits per heavy atom. The number of hydrogen-bond donors (Lipinski definition) is 3. The van der Waals surface area contributed by atoms with E-state index in [4.69, 9.17) is 4.74 Å². The molecule has 6 nitrogen and oxygen atoms in total. The topological polar surface area (TPSA) is 95.9 Å². The van der Waals surface area contributed by atoms with Gasteiger partial charge in [0.1, 0.15) is 5.57 Å². The van der Waals surface area contributed by atoms with Gasteiger partial charge in [0.05, 0.1) is 6.61 Å². The molecule has 1 aromatic rings. The van der Waals surface area contributed by atoms with Crippen molar-refractivity contribution in [1.29, 1.82) is 0 Å². The summed E-state index contributed by atoms with van der Waals surface area (Å²) in [6, 6.07) is 6.35. The number of rotatable bonds is 3. The third-order valence-corrected chi connectivity index (χ3v) is 4.16. The Hall–Kier alpha value is -2.18. The summed E-state index contributed by atoms with van der Waals surface area (Å²) >= 11 is 0. The number of allylic oxidation sites excluding steroid dienone is 1. The molecule has 0 radical (unpaired) electrons. The van der Waals surface area contributed by atoms with Crippen molar-refractivity contribution in [2.45, 2.75) is 31.6 Å². The fraction of sp³-hybridized carbons (Fsp3) is 0.375. The van der Waals surface area contributed by atoms with Gasteiger partial charge in [-0.3, -0.25) is 4.79 Å². The lowest BCUT2D eigenvalue weighted by molar-refractivity contribution is -0.147. The van der Waals surface area contributed by atoms with Crippen molar-refractivity contribution in [3.05, 3.63) is 46.7 Å². The number of benzene rings is 1. The molecule has 6 heteroatoms. The lowest BCUT2D eigenvalue weighted by Crippen LogP contribution is -2.56. The van der Waals surface area contributed by atoms with Crippen LogP contribution in [0.2, 0.25) is 0 Å². The Kier molecular flexibility index (Phi) is 3.12. The molecule has 0 bridgehead atoms. The normalized spacial score (nSPS) is 29.2. The van der Waals surface area contributed by atoms with Crippen LogP contribution in [-0.2, 0) is 15.3 Å². The van der Waals surface area contributed by atoms with Crippen LogP contribution in [0.5, 0.6) is 0 Å². The number of nitrogens with one attached hydrogen (secondary N) is 1.